The van der Waals surface area contributed by atoms with E-state index in [4.69, 9.17) is 9.47 Å². The molecule has 1 atom stereocenters. The van der Waals surface area contributed by atoms with E-state index in [0.29, 0.717) is 19.8 Å². The summed E-state index contributed by atoms with van der Waals surface area (Å²) in [5.74, 6) is 0.0101. The smallest absolute Gasteiger partial charge is 0.194 e. The number of ketones is 1. The molecule has 3 heteroatoms. The largest absolute Gasteiger partial charge is 0.376 e. The van der Waals surface area contributed by atoms with Crippen LogP contribution in [-0.4, -0.2) is 31.7 Å². The Balaban J connectivity index is 2.05. The highest BCUT2D eigenvalue weighted by molar-refractivity contribution is 6.10. The SMILES string of the molecule is Cc1ccc(C(=O)C2COCCO2)c2ccccc12. The first kappa shape index (κ1) is 12.3. The van der Waals surface area contributed by atoms with Crippen molar-refractivity contribution in [1.29, 1.82) is 0 Å². The molecule has 0 saturated carbocycles. The predicted molar refractivity (Wildman–Crippen MR) is 73.6 cm³/mol. The molecule has 1 heterocycles. The molecule has 0 aliphatic carbocycles. The summed E-state index contributed by atoms with van der Waals surface area (Å²) in [6.45, 7) is 3.45. The normalized spacial score (nSPS) is 19.5. The number of hydrogen-bond acceptors (Lipinski definition) is 3. The number of fused-ring (bicyclic) bond motifs is 1. The molecule has 1 unspecified atom stereocenters. The molecule has 1 aliphatic heterocycles. The van der Waals surface area contributed by atoms with Crippen LogP contribution in [0, 0.1) is 6.92 Å². The lowest BCUT2D eigenvalue weighted by atomic mass is 9.96. The summed E-state index contributed by atoms with van der Waals surface area (Å²) in [5.41, 5.74) is 1.89. The van der Waals surface area contributed by atoms with Crippen molar-refractivity contribution in [3.05, 3.63) is 47.5 Å². The summed E-state index contributed by atoms with van der Waals surface area (Å²) in [7, 11) is 0. The zero-order valence-corrected chi connectivity index (χ0v) is 10.9. The standard InChI is InChI=1S/C16H16O3/c1-11-6-7-14(13-5-3-2-4-12(11)13)16(17)15-10-18-8-9-19-15/h2-7,15H,8-10H2,1H3. The average molecular weight is 256 g/mol. The minimum absolute atomic E-state index is 0.0101. The van der Waals surface area contributed by atoms with Gasteiger partial charge in [-0.15, -0.1) is 0 Å². The van der Waals surface area contributed by atoms with Crippen molar-refractivity contribution in [3.63, 3.8) is 0 Å². The summed E-state index contributed by atoms with van der Waals surface area (Å²) in [6, 6.07) is 11.8. The average Bonchev–Trinajstić information content (AvgIpc) is 2.48. The third kappa shape index (κ3) is 2.27. The van der Waals surface area contributed by atoms with Gasteiger partial charge in [0.25, 0.3) is 0 Å². The van der Waals surface area contributed by atoms with Gasteiger partial charge in [-0.3, -0.25) is 4.79 Å². The van der Waals surface area contributed by atoms with Gasteiger partial charge in [-0.1, -0.05) is 36.4 Å². The van der Waals surface area contributed by atoms with E-state index in [1.165, 1.54) is 5.56 Å². The van der Waals surface area contributed by atoms with Crippen LogP contribution in [0.3, 0.4) is 0 Å². The van der Waals surface area contributed by atoms with Crippen LogP contribution in [0.25, 0.3) is 10.8 Å². The number of hydrogen-bond donors (Lipinski definition) is 0. The molecule has 19 heavy (non-hydrogen) atoms. The van der Waals surface area contributed by atoms with E-state index in [9.17, 15) is 4.79 Å². The number of carbonyl (C=O) groups excluding carboxylic acids is 1. The van der Waals surface area contributed by atoms with Crippen molar-refractivity contribution in [1.82, 2.24) is 0 Å². The summed E-state index contributed by atoms with van der Waals surface area (Å²) in [5, 5.41) is 2.10. The molecule has 3 rings (SSSR count). The van der Waals surface area contributed by atoms with Gasteiger partial charge in [-0.2, -0.15) is 0 Å². The predicted octanol–water partition coefficient (Wildman–Crippen LogP) is 2.75. The van der Waals surface area contributed by atoms with E-state index < -0.39 is 6.10 Å². The Morgan fingerprint density at radius 3 is 2.63 bits per heavy atom. The molecule has 98 valence electrons. The van der Waals surface area contributed by atoms with Crippen molar-refractivity contribution in [2.75, 3.05) is 19.8 Å². The second kappa shape index (κ2) is 5.11. The molecule has 1 saturated heterocycles. The van der Waals surface area contributed by atoms with Crippen molar-refractivity contribution in [2.24, 2.45) is 0 Å². The molecule has 1 aliphatic rings. The topological polar surface area (TPSA) is 35.5 Å². The zero-order chi connectivity index (χ0) is 13.2. The van der Waals surface area contributed by atoms with Crippen LogP contribution >= 0.6 is 0 Å². The fraction of sp³-hybridized carbons (Fsp3) is 0.312. The first-order valence-electron chi connectivity index (χ1n) is 6.49. The van der Waals surface area contributed by atoms with E-state index in [2.05, 4.69) is 6.92 Å². The van der Waals surface area contributed by atoms with Gasteiger partial charge in [-0.25, -0.2) is 0 Å². The molecule has 1 fully saturated rings. The van der Waals surface area contributed by atoms with Crippen molar-refractivity contribution < 1.29 is 14.3 Å². The van der Waals surface area contributed by atoms with Crippen LogP contribution in [-0.2, 0) is 9.47 Å². The highest BCUT2D eigenvalue weighted by Gasteiger charge is 2.25. The molecule has 2 aromatic carbocycles. The summed E-state index contributed by atoms with van der Waals surface area (Å²) >= 11 is 0. The highest BCUT2D eigenvalue weighted by atomic mass is 16.6. The Morgan fingerprint density at radius 1 is 1.11 bits per heavy atom. The maximum Gasteiger partial charge on any atom is 0.194 e. The van der Waals surface area contributed by atoms with Crippen LogP contribution in [0.1, 0.15) is 15.9 Å². The van der Waals surface area contributed by atoms with Gasteiger partial charge in [0, 0.05) is 5.56 Å². The monoisotopic (exact) mass is 256 g/mol. The molecular weight excluding hydrogens is 240 g/mol. The fourth-order valence-electron chi connectivity index (χ4n) is 2.48. The molecule has 0 spiro atoms. The van der Waals surface area contributed by atoms with Crippen LogP contribution in [0.5, 0.6) is 0 Å². The third-order valence-corrected chi connectivity index (χ3v) is 3.52. The van der Waals surface area contributed by atoms with E-state index in [-0.39, 0.29) is 5.78 Å². The lowest BCUT2D eigenvalue weighted by Gasteiger charge is -2.22. The highest BCUT2D eigenvalue weighted by Crippen LogP contribution is 2.24. The summed E-state index contributed by atoms with van der Waals surface area (Å²) < 4.78 is 10.8. The molecule has 0 aromatic heterocycles. The second-order valence-corrected chi connectivity index (χ2v) is 4.77. The van der Waals surface area contributed by atoms with Gasteiger partial charge in [0.15, 0.2) is 5.78 Å². The minimum atomic E-state index is -0.472. The van der Waals surface area contributed by atoms with Crippen molar-refractivity contribution in [2.45, 2.75) is 13.0 Å². The Morgan fingerprint density at radius 2 is 1.89 bits per heavy atom. The zero-order valence-electron chi connectivity index (χ0n) is 10.9. The van der Waals surface area contributed by atoms with Gasteiger partial charge in [0.1, 0.15) is 6.10 Å². The van der Waals surface area contributed by atoms with Gasteiger partial charge >= 0.3 is 0 Å². The van der Waals surface area contributed by atoms with E-state index in [1.54, 1.807) is 0 Å². The van der Waals surface area contributed by atoms with Gasteiger partial charge in [-0.05, 0) is 23.3 Å². The number of aryl methyl sites for hydroxylation is 1. The number of Topliss-reactive ketones (excluding diaryl/α,β-unsaturated/α-hetero) is 1. The van der Waals surface area contributed by atoms with Crippen molar-refractivity contribution >= 4 is 16.6 Å². The molecule has 0 radical (unpaired) electrons. The van der Waals surface area contributed by atoms with Gasteiger partial charge < -0.3 is 9.47 Å². The van der Waals surface area contributed by atoms with Crippen LogP contribution < -0.4 is 0 Å². The Hall–Kier alpha value is -1.71. The number of ether oxygens (including phenoxy) is 2. The first-order valence-corrected chi connectivity index (χ1v) is 6.49. The van der Waals surface area contributed by atoms with Gasteiger partial charge in [0.05, 0.1) is 19.8 Å². The fourth-order valence-corrected chi connectivity index (χ4v) is 2.48. The van der Waals surface area contributed by atoms with Crippen LogP contribution in [0.15, 0.2) is 36.4 Å². The van der Waals surface area contributed by atoms with E-state index in [1.807, 2.05) is 36.4 Å². The minimum Gasteiger partial charge on any atom is -0.376 e. The molecule has 3 nitrogen and oxygen atoms in total. The van der Waals surface area contributed by atoms with E-state index >= 15 is 0 Å². The Bertz CT molecular complexity index is 612. The Labute approximate surface area is 112 Å². The molecule has 2 aromatic rings. The quantitative estimate of drug-likeness (QED) is 0.775. The molecule has 0 amide bonds. The Kier molecular flexibility index (Phi) is 3.32. The second-order valence-electron chi connectivity index (χ2n) is 4.77. The van der Waals surface area contributed by atoms with E-state index in [0.717, 1.165) is 16.3 Å². The lowest BCUT2D eigenvalue weighted by Crippen LogP contribution is -2.35. The summed E-state index contributed by atoms with van der Waals surface area (Å²) in [6.07, 6.45) is -0.472. The number of carbonyl (C=O) groups is 1. The van der Waals surface area contributed by atoms with Crippen LogP contribution in [0.4, 0.5) is 0 Å². The number of rotatable bonds is 2. The maximum absolute atomic E-state index is 12.5. The molecule has 0 bridgehead atoms. The van der Waals surface area contributed by atoms with Crippen LogP contribution in [0.2, 0.25) is 0 Å². The van der Waals surface area contributed by atoms with Crippen molar-refractivity contribution in [3.8, 4) is 0 Å². The first-order chi connectivity index (χ1) is 9.27. The number of benzene rings is 2. The third-order valence-electron chi connectivity index (χ3n) is 3.52. The van der Waals surface area contributed by atoms with Gasteiger partial charge in [0.2, 0.25) is 0 Å². The molecular formula is C16H16O3. The summed E-state index contributed by atoms with van der Waals surface area (Å²) in [4.78, 5) is 12.5. The molecule has 0 N–H and O–H groups in total. The maximum atomic E-state index is 12.5. The lowest BCUT2D eigenvalue weighted by molar-refractivity contribution is -0.0718.